The Morgan fingerprint density at radius 2 is 2.05 bits per heavy atom. The summed E-state index contributed by atoms with van der Waals surface area (Å²) in [5, 5.41) is 3.57. The summed E-state index contributed by atoms with van der Waals surface area (Å²) < 4.78 is 0. The number of hydrogen-bond acceptors (Lipinski definition) is 2. The second-order valence-corrected chi connectivity index (χ2v) is 6.32. The van der Waals surface area contributed by atoms with Crippen molar-refractivity contribution in [2.45, 2.75) is 38.1 Å². The number of piperazine rings is 1. The number of halogens is 1. The quantitative estimate of drug-likeness (QED) is 0.867. The number of carbonyl (C=O) groups is 2. The molecule has 4 nitrogen and oxygen atoms in total. The highest BCUT2D eigenvalue weighted by Gasteiger charge is 2.50. The van der Waals surface area contributed by atoms with Crippen molar-refractivity contribution >= 4 is 23.4 Å². The van der Waals surface area contributed by atoms with Gasteiger partial charge in [-0.25, -0.2) is 0 Å². The fraction of sp³-hybridized carbons (Fsp3) is 0.500. The molecule has 2 amide bonds. The first-order chi connectivity index (χ1) is 10.0. The van der Waals surface area contributed by atoms with Crippen LogP contribution in [0.4, 0.5) is 0 Å². The molecule has 1 aliphatic heterocycles. The Labute approximate surface area is 129 Å². The number of benzene rings is 1. The first-order valence-corrected chi connectivity index (χ1v) is 7.79. The lowest BCUT2D eigenvalue weighted by molar-refractivity contribution is -0.134. The monoisotopic (exact) mass is 306 g/mol. The maximum atomic E-state index is 12.9. The summed E-state index contributed by atoms with van der Waals surface area (Å²) in [6, 6.07) is 5.29. The van der Waals surface area contributed by atoms with Gasteiger partial charge in [-0.05, 0) is 43.5 Å². The van der Waals surface area contributed by atoms with Crippen molar-refractivity contribution in [3.8, 4) is 0 Å². The molecule has 1 saturated heterocycles. The van der Waals surface area contributed by atoms with E-state index in [0.29, 0.717) is 23.7 Å². The maximum Gasteiger partial charge on any atom is 0.254 e. The highest BCUT2D eigenvalue weighted by Crippen LogP contribution is 2.37. The van der Waals surface area contributed by atoms with Crippen LogP contribution in [0.25, 0.3) is 0 Å². The summed E-state index contributed by atoms with van der Waals surface area (Å²) in [5.74, 6) is -0.0585. The van der Waals surface area contributed by atoms with Crippen LogP contribution in [0.5, 0.6) is 0 Å². The summed E-state index contributed by atoms with van der Waals surface area (Å²) in [6.45, 7) is 2.98. The molecule has 21 heavy (non-hydrogen) atoms. The number of aryl methyl sites for hydroxylation is 1. The SMILES string of the molecule is Cc1cc(C(=O)N2CCNC(=O)C23CCCC3)ccc1Cl. The Hall–Kier alpha value is -1.55. The average molecular weight is 307 g/mol. The zero-order valence-corrected chi connectivity index (χ0v) is 12.9. The molecule has 0 radical (unpaired) electrons. The Bertz CT molecular complexity index is 594. The molecule has 1 aromatic carbocycles. The predicted molar refractivity (Wildman–Crippen MR) is 81.4 cm³/mol. The molecule has 1 aromatic rings. The third kappa shape index (κ3) is 2.31. The van der Waals surface area contributed by atoms with E-state index in [2.05, 4.69) is 5.32 Å². The topological polar surface area (TPSA) is 49.4 Å². The van der Waals surface area contributed by atoms with E-state index in [1.165, 1.54) is 0 Å². The van der Waals surface area contributed by atoms with Gasteiger partial charge >= 0.3 is 0 Å². The first-order valence-electron chi connectivity index (χ1n) is 7.41. The Balaban J connectivity index is 1.95. The van der Waals surface area contributed by atoms with E-state index in [1.807, 2.05) is 6.92 Å². The Morgan fingerprint density at radius 1 is 1.33 bits per heavy atom. The zero-order chi connectivity index (χ0) is 15.0. The zero-order valence-electron chi connectivity index (χ0n) is 12.1. The number of carbonyl (C=O) groups excluding carboxylic acids is 2. The summed E-state index contributed by atoms with van der Waals surface area (Å²) in [5.41, 5.74) is 0.852. The number of hydrogen-bond donors (Lipinski definition) is 1. The van der Waals surface area contributed by atoms with Crippen LogP contribution >= 0.6 is 11.6 Å². The van der Waals surface area contributed by atoms with Gasteiger partial charge in [-0.2, -0.15) is 0 Å². The minimum atomic E-state index is -0.636. The van der Waals surface area contributed by atoms with Crippen molar-refractivity contribution in [1.82, 2.24) is 10.2 Å². The molecule has 3 rings (SSSR count). The molecule has 1 aliphatic carbocycles. The lowest BCUT2D eigenvalue weighted by atomic mass is 9.90. The fourth-order valence-electron chi connectivity index (χ4n) is 3.47. The molecule has 1 spiro atoms. The molecule has 0 unspecified atom stereocenters. The Kier molecular flexibility index (Phi) is 3.66. The summed E-state index contributed by atoms with van der Waals surface area (Å²) in [7, 11) is 0. The van der Waals surface area contributed by atoms with Crippen molar-refractivity contribution in [3.63, 3.8) is 0 Å². The van der Waals surface area contributed by atoms with E-state index < -0.39 is 5.54 Å². The predicted octanol–water partition coefficient (Wildman–Crippen LogP) is 2.53. The standard InChI is InChI=1S/C16H19ClN2O2/c1-11-10-12(4-5-13(11)17)14(20)19-9-8-18-15(21)16(19)6-2-3-7-16/h4-5,10H,2-3,6-9H2,1H3,(H,18,21). The van der Waals surface area contributed by atoms with Crippen LogP contribution < -0.4 is 5.32 Å². The molecule has 5 heteroatoms. The van der Waals surface area contributed by atoms with E-state index in [0.717, 1.165) is 31.2 Å². The molecular formula is C16H19ClN2O2. The highest BCUT2D eigenvalue weighted by molar-refractivity contribution is 6.31. The molecule has 0 bridgehead atoms. The van der Waals surface area contributed by atoms with Crippen LogP contribution in [0.15, 0.2) is 18.2 Å². The van der Waals surface area contributed by atoms with E-state index in [9.17, 15) is 9.59 Å². The van der Waals surface area contributed by atoms with E-state index >= 15 is 0 Å². The van der Waals surface area contributed by atoms with Crippen molar-refractivity contribution < 1.29 is 9.59 Å². The van der Waals surface area contributed by atoms with E-state index in [1.54, 1.807) is 23.1 Å². The van der Waals surface area contributed by atoms with Gasteiger partial charge in [0.05, 0.1) is 0 Å². The molecule has 0 aromatic heterocycles. The third-order valence-electron chi connectivity index (χ3n) is 4.64. The van der Waals surface area contributed by atoms with Crippen LogP contribution in [0.1, 0.15) is 41.6 Å². The Morgan fingerprint density at radius 3 is 2.71 bits per heavy atom. The van der Waals surface area contributed by atoms with Gasteiger partial charge in [-0.3, -0.25) is 9.59 Å². The summed E-state index contributed by atoms with van der Waals surface area (Å²) >= 11 is 6.03. The maximum absolute atomic E-state index is 12.9. The molecule has 1 heterocycles. The second-order valence-electron chi connectivity index (χ2n) is 5.92. The van der Waals surface area contributed by atoms with Crippen molar-refractivity contribution in [3.05, 3.63) is 34.3 Å². The van der Waals surface area contributed by atoms with Gasteiger partial charge in [0.15, 0.2) is 0 Å². The van der Waals surface area contributed by atoms with Crippen molar-refractivity contribution in [2.75, 3.05) is 13.1 Å². The molecule has 2 fully saturated rings. The number of nitrogens with one attached hydrogen (secondary N) is 1. The average Bonchev–Trinajstić information content (AvgIpc) is 2.95. The van der Waals surface area contributed by atoms with Gasteiger partial charge < -0.3 is 10.2 Å². The van der Waals surface area contributed by atoms with E-state index in [4.69, 9.17) is 11.6 Å². The van der Waals surface area contributed by atoms with Crippen molar-refractivity contribution in [2.24, 2.45) is 0 Å². The minimum absolute atomic E-state index is 0.00489. The smallest absolute Gasteiger partial charge is 0.254 e. The summed E-state index contributed by atoms with van der Waals surface area (Å²) in [4.78, 5) is 27.0. The van der Waals surface area contributed by atoms with Gasteiger partial charge in [0.2, 0.25) is 5.91 Å². The fourth-order valence-corrected chi connectivity index (χ4v) is 3.59. The van der Waals surface area contributed by atoms with Crippen molar-refractivity contribution in [1.29, 1.82) is 0 Å². The molecular weight excluding hydrogens is 288 g/mol. The molecule has 0 atom stereocenters. The first kappa shape index (κ1) is 14.4. The van der Waals surface area contributed by atoms with E-state index in [-0.39, 0.29) is 11.8 Å². The largest absolute Gasteiger partial charge is 0.352 e. The number of rotatable bonds is 1. The van der Waals surface area contributed by atoms with Crippen LogP contribution in [-0.2, 0) is 4.79 Å². The lowest BCUT2D eigenvalue weighted by Crippen LogP contribution is -2.65. The number of nitrogens with zero attached hydrogens (tertiary/aromatic N) is 1. The second kappa shape index (κ2) is 5.34. The van der Waals surface area contributed by atoms with Gasteiger partial charge in [0.1, 0.15) is 5.54 Å². The number of amides is 2. The third-order valence-corrected chi connectivity index (χ3v) is 5.07. The molecule has 1 saturated carbocycles. The molecule has 1 N–H and O–H groups in total. The minimum Gasteiger partial charge on any atom is -0.352 e. The lowest BCUT2D eigenvalue weighted by Gasteiger charge is -2.43. The normalized spacial score (nSPS) is 20.7. The molecule has 112 valence electrons. The highest BCUT2D eigenvalue weighted by atomic mass is 35.5. The van der Waals surface area contributed by atoms with Gasteiger partial charge in [0.25, 0.3) is 5.91 Å². The molecule has 2 aliphatic rings. The van der Waals surface area contributed by atoms with Crippen LogP contribution in [0, 0.1) is 6.92 Å². The van der Waals surface area contributed by atoms with Gasteiger partial charge in [-0.1, -0.05) is 24.4 Å². The van der Waals surface area contributed by atoms with Gasteiger partial charge in [0, 0.05) is 23.7 Å². The van der Waals surface area contributed by atoms with Crippen LogP contribution in [-0.4, -0.2) is 35.3 Å². The van der Waals surface area contributed by atoms with Crippen LogP contribution in [0.3, 0.4) is 0 Å². The van der Waals surface area contributed by atoms with Crippen LogP contribution in [0.2, 0.25) is 5.02 Å². The van der Waals surface area contributed by atoms with Gasteiger partial charge in [-0.15, -0.1) is 0 Å². The summed E-state index contributed by atoms with van der Waals surface area (Å²) in [6.07, 6.45) is 3.52.